The van der Waals surface area contributed by atoms with Crippen molar-refractivity contribution in [1.82, 2.24) is 0 Å². The molecule has 4 nitrogen and oxygen atoms in total. The van der Waals surface area contributed by atoms with Crippen LogP contribution >= 0.6 is 0 Å². The van der Waals surface area contributed by atoms with Crippen molar-refractivity contribution < 1.29 is 9.00 Å². The van der Waals surface area contributed by atoms with Crippen molar-refractivity contribution in [3.8, 4) is 0 Å². The molecule has 1 aliphatic carbocycles. The highest BCUT2D eigenvalue weighted by Crippen LogP contribution is 2.25. The van der Waals surface area contributed by atoms with Crippen molar-refractivity contribution in [2.75, 3.05) is 22.6 Å². The summed E-state index contributed by atoms with van der Waals surface area (Å²) in [6, 6.07) is 5.40. The van der Waals surface area contributed by atoms with E-state index >= 15 is 0 Å². The van der Waals surface area contributed by atoms with Crippen LogP contribution < -0.4 is 11.1 Å². The molecule has 1 aromatic carbocycles. The van der Waals surface area contributed by atoms with Crippen LogP contribution in [0.5, 0.6) is 0 Å². The van der Waals surface area contributed by atoms with Crippen LogP contribution in [0.15, 0.2) is 18.2 Å². The number of nitrogens with one attached hydrogen (secondary N) is 1. The highest BCUT2D eigenvalue weighted by Gasteiger charge is 2.19. The second-order valence-electron chi connectivity index (χ2n) is 5.47. The van der Waals surface area contributed by atoms with Gasteiger partial charge >= 0.3 is 0 Å². The van der Waals surface area contributed by atoms with Crippen molar-refractivity contribution in [1.29, 1.82) is 0 Å². The summed E-state index contributed by atoms with van der Waals surface area (Å²) in [6.07, 6.45) is 4.77. The maximum absolute atomic E-state index is 12.0. The predicted molar refractivity (Wildman–Crippen MR) is 84.1 cm³/mol. The van der Waals surface area contributed by atoms with Crippen molar-refractivity contribution in [2.45, 2.75) is 32.6 Å². The van der Waals surface area contributed by atoms with Gasteiger partial charge < -0.3 is 11.1 Å². The highest BCUT2D eigenvalue weighted by molar-refractivity contribution is 7.85. The van der Waals surface area contributed by atoms with Crippen molar-refractivity contribution in [2.24, 2.45) is 5.92 Å². The fourth-order valence-corrected chi connectivity index (χ4v) is 3.96. The maximum Gasteiger partial charge on any atom is 0.236 e. The van der Waals surface area contributed by atoms with E-state index in [1.807, 2.05) is 13.0 Å². The molecule has 1 saturated carbocycles. The third kappa shape index (κ3) is 4.07. The van der Waals surface area contributed by atoms with Gasteiger partial charge in [0.25, 0.3) is 0 Å². The highest BCUT2D eigenvalue weighted by atomic mass is 32.2. The van der Waals surface area contributed by atoms with Gasteiger partial charge in [-0.25, -0.2) is 0 Å². The number of hydrogen-bond acceptors (Lipinski definition) is 3. The van der Waals surface area contributed by atoms with Crippen LogP contribution in [0.1, 0.15) is 31.2 Å². The monoisotopic (exact) mass is 294 g/mol. The van der Waals surface area contributed by atoms with E-state index in [1.54, 1.807) is 12.1 Å². The Morgan fingerprint density at radius 2 is 2.10 bits per heavy atom. The minimum absolute atomic E-state index is 0.0741. The topological polar surface area (TPSA) is 72.2 Å². The van der Waals surface area contributed by atoms with Crippen LogP contribution in [0.3, 0.4) is 0 Å². The second-order valence-corrected chi connectivity index (χ2v) is 6.97. The minimum atomic E-state index is -1.07. The number of hydrogen-bond donors (Lipinski definition) is 2. The molecule has 1 aliphatic rings. The molecule has 20 heavy (non-hydrogen) atoms. The third-order valence-corrected chi connectivity index (χ3v) is 5.27. The lowest BCUT2D eigenvalue weighted by Gasteiger charge is -2.11. The Balaban J connectivity index is 1.85. The number of nitrogen functional groups attached to an aromatic ring is 1. The molecular weight excluding hydrogens is 272 g/mol. The van der Waals surface area contributed by atoms with Gasteiger partial charge in [0.2, 0.25) is 5.91 Å². The van der Waals surface area contributed by atoms with Crippen molar-refractivity contribution in [3.05, 3.63) is 23.8 Å². The first-order valence-corrected chi connectivity index (χ1v) is 8.55. The van der Waals surface area contributed by atoms with Crippen LogP contribution in [-0.4, -0.2) is 21.6 Å². The Morgan fingerprint density at radius 3 is 2.80 bits per heavy atom. The molecule has 0 aromatic heterocycles. The summed E-state index contributed by atoms with van der Waals surface area (Å²) < 4.78 is 12.0. The van der Waals surface area contributed by atoms with Gasteiger partial charge in [-0.05, 0) is 43.4 Å². The number of rotatable bonds is 5. The van der Waals surface area contributed by atoms with E-state index in [9.17, 15) is 9.00 Å². The average Bonchev–Trinajstić information content (AvgIpc) is 2.87. The van der Waals surface area contributed by atoms with Gasteiger partial charge in [-0.3, -0.25) is 9.00 Å². The van der Waals surface area contributed by atoms with Crippen LogP contribution in [-0.2, 0) is 15.6 Å². The minimum Gasteiger partial charge on any atom is -0.398 e. The molecule has 5 heteroatoms. The first-order chi connectivity index (χ1) is 9.56. The lowest BCUT2D eigenvalue weighted by atomic mass is 10.1. The number of benzene rings is 1. The molecule has 1 unspecified atom stereocenters. The fraction of sp³-hybridized carbons (Fsp3) is 0.533. The van der Waals surface area contributed by atoms with E-state index in [-0.39, 0.29) is 11.7 Å². The van der Waals surface area contributed by atoms with Crippen LogP contribution in [0.4, 0.5) is 11.4 Å². The molecule has 0 spiro atoms. The number of carbonyl (C=O) groups is 1. The molecule has 0 heterocycles. The quantitative estimate of drug-likeness (QED) is 0.819. The van der Waals surface area contributed by atoms with Crippen molar-refractivity contribution >= 4 is 28.1 Å². The summed E-state index contributed by atoms with van der Waals surface area (Å²) in [6.45, 7) is 1.86. The largest absolute Gasteiger partial charge is 0.398 e. The fourth-order valence-electron chi connectivity index (χ4n) is 2.62. The molecule has 0 saturated heterocycles. The van der Waals surface area contributed by atoms with E-state index in [0.717, 1.165) is 18.4 Å². The van der Waals surface area contributed by atoms with E-state index in [0.29, 0.717) is 23.0 Å². The van der Waals surface area contributed by atoms with Gasteiger partial charge in [-0.2, -0.15) is 0 Å². The van der Waals surface area contributed by atoms with Gasteiger partial charge in [0.15, 0.2) is 0 Å². The summed E-state index contributed by atoms with van der Waals surface area (Å²) >= 11 is 0. The maximum atomic E-state index is 12.0. The van der Waals surface area contributed by atoms with Crippen molar-refractivity contribution in [3.63, 3.8) is 0 Å². The van der Waals surface area contributed by atoms with E-state index in [1.165, 1.54) is 12.8 Å². The van der Waals surface area contributed by atoms with Crippen LogP contribution in [0.2, 0.25) is 0 Å². The van der Waals surface area contributed by atoms with Gasteiger partial charge in [0.1, 0.15) is 5.75 Å². The predicted octanol–water partition coefficient (Wildman–Crippen LogP) is 2.45. The van der Waals surface area contributed by atoms with Gasteiger partial charge in [-0.15, -0.1) is 0 Å². The van der Waals surface area contributed by atoms with Crippen LogP contribution in [0, 0.1) is 12.8 Å². The molecule has 3 N–H and O–H groups in total. The average molecular weight is 294 g/mol. The molecule has 0 bridgehead atoms. The Labute approximate surface area is 122 Å². The Morgan fingerprint density at radius 1 is 1.40 bits per heavy atom. The number of amides is 1. The molecule has 110 valence electrons. The molecule has 1 atom stereocenters. The lowest BCUT2D eigenvalue weighted by molar-refractivity contribution is -0.113. The number of nitrogens with two attached hydrogens (primary N) is 1. The Hall–Kier alpha value is -1.36. The lowest BCUT2D eigenvalue weighted by Crippen LogP contribution is -2.23. The standard InChI is InChI=1S/C15H22N2O2S/c1-11-13(16)7-4-8-14(11)17-15(18)10-20(19)9-12-5-2-3-6-12/h4,7-8,12H,2-3,5-6,9-10,16H2,1H3,(H,17,18). The molecule has 1 amide bonds. The smallest absolute Gasteiger partial charge is 0.236 e. The van der Waals surface area contributed by atoms with Gasteiger partial charge in [0, 0.05) is 27.9 Å². The number of carbonyl (C=O) groups excluding carboxylic acids is 1. The Kier molecular flexibility index (Phi) is 5.17. The van der Waals surface area contributed by atoms with E-state index < -0.39 is 10.8 Å². The summed E-state index contributed by atoms with van der Waals surface area (Å²) in [4.78, 5) is 11.9. The zero-order valence-electron chi connectivity index (χ0n) is 11.9. The summed E-state index contributed by atoms with van der Waals surface area (Å²) in [5.74, 6) is 1.07. The van der Waals surface area contributed by atoms with Gasteiger partial charge in [0.05, 0.1) is 0 Å². The molecule has 1 fully saturated rings. The Bertz CT molecular complexity index is 511. The summed E-state index contributed by atoms with van der Waals surface area (Å²) in [5, 5.41) is 2.79. The third-order valence-electron chi connectivity index (χ3n) is 3.84. The van der Waals surface area contributed by atoms with E-state index in [4.69, 9.17) is 5.73 Å². The molecule has 0 radical (unpaired) electrons. The summed E-state index contributed by atoms with van der Waals surface area (Å²) in [7, 11) is -1.07. The second kappa shape index (κ2) is 6.88. The normalized spacial score (nSPS) is 17.1. The molecule has 0 aliphatic heterocycles. The van der Waals surface area contributed by atoms with E-state index in [2.05, 4.69) is 5.32 Å². The number of anilines is 2. The summed E-state index contributed by atoms with van der Waals surface area (Å²) in [5.41, 5.74) is 7.99. The molecule has 2 rings (SSSR count). The zero-order valence-corrected chi connectivity index (χ0v) is 12.7. The SMILES string of the molecule is Cc1c(N)cccc1NC(=O)CS(=O)CC1CCCC1. The first-order valence-electron chi connectivity index (χ1n) is 7.06. The molecular formula is C15H22N2O2S. The van der Waals surface area contributed by atoms with Gasteiger partial charge in [-0.1, -0.05) is 18.9 Å². The molecule has 1 aromatic rings. The first kappa shape index (κ1) is 15.0. The van der Waals surface area contributed by atoms with Crippen LogP contribution in [0.25, 0.3) is 0 Å². The zero-order chi connectivity index (χ0) is 14.5.